The van der Waals surface area contributed by atoms with E-state index in [2.05, 4.69) is 62.2 Å². The number of hydrogen-bond acceptors (Lipinski definition) is 7. The van der Waals surface area contributed by atoms with Crippen LogP contribution >= 0.6 is 27.3 Å². The van der Waals surface area contributed by atoms with Crippen molar-refractivity contribution < 1.29 is 50.9 Å². The molecule has 0 unspecified atom stereocenters. The number of hydrogen-bond donors (Lipinski definition) is 3. The van der Waals surface area contributed by atoms with Crippen LogP contribution < -0.4 is 10.5 Å². The van der Waals surface area contributed by atoms with E-state index in [0.29, 0.717) is 11.2 Å². The Labute approximate surface area is 235 Å². The van der Waals surface area contributed by atoms with Crippen LogP contribution in [0.25, 0.3) is 21.3 Å². The van der Waals surface area contributed by atoms with E-state index in [-0.39, 0.29) is 0 Å². The topological polar surface area (TPSA) is 126 Å². The molecule has 4 N–H and O–H groups in total. The smallest absolute Gasteiger partial charge is 0.489 e. The second-order valence-corrected chi connectivity index (χ2v) is 10.7. The number of rotatable bonds is 3. The summed E-state index contributed by atoms with van der Waals surface area (Å²) in [5, 5.41) is 14.8. The van der Waals surface area contributed by atoms with E-state index in [4.69, 9.17) is 30.3 Å². The molecular weight excluding hydrogens is 636 g/mol. The summed E-state index contributed by atoms with van der Waals surface area (Å²) in [7, 11) is 0. The standard InChI is InChI=1S/C20H20BrN3OS.2C2HF3O2/c21-16-9-14(10-18-19(16)23-20(22)26-18)12-1-3-15(4-2-12)25-17-11-24-7-5-13(17)6-8-24;2*3-2(4,5)1(6)7/h1-4,9-10,13,17H,5-8,11H2,(H2,22,23);2*(H,6,7)/t17-;;/m0../s1. The Morgan fingerprint density at radius 3 is 1.95 bits per heavy atom. The van der Waals surface area contributed by atoms with E-state index >= 15 is 0 Å². The first-order valence-electron chi connectivity index (χ1n) is 11.5. The first-order valence-corrected chi connectivity index (χ1v) is 13.1. The summed E-state index contributed by atoms with van der Waals surface area (Å²) in [6.07, 6.45) is -7.28. The Hall–Kier alpha value is -3.11. The molecule has 0 saturated carbocycles. The van der Waals surface area contributed by atoms with Gasteiger partial charge in [-0.1, -0.05) is 23.5 Å². The molecule has 3 aliphatic rings. The van der Waals surface area contributed by atoms with E-state index in [0.717, 1.165) is 38.5 Å². The van der Waals surface area contributed by atoms with Gasteiger partial charge in [0, 0.05) is 11.0 Å². The fourth-order valence-corrected chi connectivity index (χ4v) is 5.60. The van der Waals surface area contributed by atoms with Crippen molar-refractivity contribution in [2.75, 3.05) is 25.4 Å². The summed E-state index contributed by atoms with van der Waals surface area (Å²) in [5.74, 6) is -3.83. The molecule has 3 fully saturated rings. The van der Waals surface area contributed by atoms with Gasteiger partial charge in [-0.15, -0.1) is 0 Å². The highest BCUT2D eigenvalue weighted by atomic mass is 79.9. The number of carboxylic acid groups (broad SMARTS) is 2. The van der Waals surface area contributed by atoms with Crippen LogP contribution in [-0.2, 0) is 9.59 Å². The first-order chi connectivity index (χ1) is 18.5. The number of piperidine rings is 3. The molecule has 6 rings (SSSR count). The number of nitrogen functional groups attached to an aromatic ring is 1. The summed E-state index contributed by atoms with van der Waals surface area (Å²) < 4.78 is 71.8. The van der Waals surface area contributed by atoms with Gasteiger partial charge in [0.15, 0.2) is 5.13 Å². The van der Waals surface area contributed by atoms with Crippen LogP contribution in [0.5, 0.6) is 5.75 Å². The Morgan fingerprint density at radius 1 is 0.975 bits per heavy atom. The number of benzene rings is 2. The molecule has 0 aliphatic carbocycles. The van der Waals surface area contributed by atoms with Crippen LogP contribution in [0.4, 0.5) is 31.5 Å². The van der Waals surface area contributed by atoms with Crippen LogP contribution in [0.15, 0.2) is 40.9 Å². The number of ether oxygens (including phenoxy) is 1. The van der Waals surface area contributed by atoms with Gasteiger partial charge < -0.3 is 20.7 Å². The molecule has 8 nitrogen and oxygen atoms in total. The summed E-state index contributed by atoms with van der Waals surface area (Å²) in [6, 6.07) is 12.7. The molecule has 3 aliphatic heterocycles. The average Bonchev–Trinajstić information content (AvgIpc) is 3.26. The molecule has 1 atom stereocenters. The minimum absolute atomic E-state index is 0.342. The average molecular weight is 658 g/mol. The van der Waals surface area contributed by atoms with E-state index in [1.165, 1.54) is 42.8 Å². The number of halogens is 7. The minimum Gasteiger partial charge on any atom is -0.489 e. The molecule has 218 valence electrons. The lowest BCUT2D eigenvalue weighted by Gasteiger charge is -2.44. The maximum atomic E-state index is 10.6. The third kappa shape index (κ3) is 8.44. The largest absolute Gasteiger partial charge is 0.490 e. The van der Waals surface area contributed by atoms with Crippen molar-refractivity contribution in [2.45, 2.75) is 31.3 Å². The Kier molecular flexibility index (Phi) is 9.89. The highest BCUT2D eigenvalue weighted by Gasteiger charge is 2.39. The van der Waals surface area contributed by atoms with Crippen LogP contribution in [0.3, 0.4) is 0 Å². The van der Waals surface area contributed by atoms with Gasteiger partial charge in [-0.05, 0) is 83.2 Å². The van der Waals surface area contributed by atoms with Crippen molar-refractivity contribution in [3.05, 3.63) is 40.9 Å². The van der Waals surface area contributed by atoms with E-state index < -0.39 is 24.3 Å². The second-order valence-electron chi connectivity index (χ2n) is 8.78. The van der Waals surface area contributed by atoms with Gasteiger partial charge in [0.05, 0.1) is 10.2 Å². The molecule has 4 heterocycles. The highest BCUT2D eigenvalue weighted by Crippen LogP contribution is 2.36. The number of carbonyl (C=O) groups is 2. The number of aromatic nitrogens is 1. The molecule has 3 aromatic rings. The zero-order chi connectivity index (χ0) is 29.8. The fraction of sp³-hybridized carbons (Fsp3) is 0.375. The summed E-state index contributed by atoms with van der Waals surface area (Å²) in [6.45, 7) is 3.55. The van der Waals surface area contributed by atoms with Crippen molar-refractivity contribution in [3.63, 3.8) is 0 Å². The summed E-state index contributed by atoms with van der Waals surface area (Å²) in [4.78, 5) is 24.7. The van der Waals surface area contributed by atoms with Gasteiger partial charge >= 0.3 is 24.3 Å². The van der Waals surface area contributed by atoms with Gasteiger partial charge in [0.25, 0.3) is 0 Å². The number of anilines is 1. The summed E-state index contributed by atoms with van der Waals surface area (Å²) >= 11 is 5.13. The molecule has 3 saturated heterocycles. The van der Waals surface area contributed by atoms with Crippen molar-refractivity contribution in [1.82, 2.24) is 9.88 Å². The van der Waals surface area contributed by atoms with E-state index in [1.807, 2.05) is 0 Å². The highest BCUT2D eigenvalue weighted by molar-refractivity contribution is 9.10. The maximum Gasteiger partial charge on any atom is 0.490 e. The third-order valence-electron chi connectivity index (χ3n) is 6.02. The molecule has 2 bridgehead atoms. The summed E-state index contributed by atoms with van der Waals surface area (Å²) in [5.41, 5.74) is 9.10. The normalized spacial score (nSPS) is 20.1. The van der Waals surface area contributed by atoms with Gasteiger partial charge in [0.1, 0.15) is 11.9 Å². The SMILES string of the molecule is Nc1nc2c(Br)cc(-c3ccc(O[C@H]4CN5CCC4CC5)cc3)cc2s1.O=C(O)C(F)(F)F.O=C(O)C(F)(F)F. The zero-order valence-electron chi connectivity index (χ0n) is 20.3. The third-order valence-corrected chi connectivity index (χ3v) is 7.46. The molecule has 16 heteroatoms. The number of nitrogens with zero attached hydrogens (tertiary/aromatic N) is 2. The molecule has 0 radical (unpaired) electrons. The molecule has 2 aromatic carbocycles. The van der Waals surface area contributed by atoms with E-state index in [1.54, 1.807) is 0 Å². The lowest BCUT2D eigenvalue weighted by Crippen LogP contribution is -2.52. The number of aliphatic carboxylic acids is 2. The number of alkyl halides is 6. The van der Waals surface area contributed by atoms with Gasteiger partial charge in [-0.2, -0.15) is 26.3 Å². The molecule has 0 amide bonds. The Bertz CT molecular complexity index is 1320. The second kappa shape index (κ2) is 12.6. The Balaban J connectivity index is 0.000000263. The van der Waals surface area contributed by atoms with Crippen molar-refractivity contribution >= 4 is 54.6 Å². The van der Waals surface area contributed by atoms with Crippen LogP contribution in [-0.4, -0.2) is 70.1 Å². The van der Waals surface area contributed by atoms with E-state index in [9.17, 15) is 26.3 Å². The lowest BCUT2D eigenvalue weighted by atomic mass is 9.86. The van der Waals surface area contributed by atoms with Crippen molar-refractivity contribution in [1.29, 1.82) is 0 Å². The Morgan fingerprint density at radius 2 is 1.50 bits per heavy atom. The fourth-order valence-electron chi connectivity index (χ4n) is 4.12. The maximum absolute atomic E-state index is 10.6. The predicted molar refractivity (Wildman–Crippen MR) is 138 cm³/mol. The quantitative estimate of drug-likeness (QED) is 0.291. The monoisotopic (exact) mass is 657 g/mol. The van der Waals surface area contributed by atoms with Crippen LogP contribution in [0, 0.1) is 5.92 Å². The van der Waals surface area contributed by atoms with Gasteiger partial charge in [-0.3, -0.25) is 4.90 Å². The van der Waals surface area contributed by atoms with Gasteiger partial charge in [0.2, 0.25) is 0 Å². The molecule has 40 heavy (non-hydrogen) atoms. The number of carboxylic acids is 2. The molecule has 1 aromatic heterocycles. The van der Waals surface area contributed by atoms with Crippen molar-refractivity contribution in [2.24, 2.45) is 5.92 Å². The van der Waals surface area contributed by atoms with Crippen LogP contribution in [0.1, 0.15) is 12.8 Å². The van der Waals surface area contributed by atoms with Gasteiger partial charge in [-0.25, -0.2) is 14.6 Å². The lowest BCUT2D eigenvalue weighted by molar-refractivity contribution is -0.193. The van der Waals surface area contributed by atoms with Crippen molar-refractivity contribution in [3.8, 4) is 16.9 Å². The number of thiazole rings is 1. The van der Waals surface area contributed by atoms with Crippen LogP contribution in [0.2, 0.25) is 0 Å². The number of nitrogens with two attached hydrogens (primary N) is 1. The molecule has 0 spiro atoms. The molecular formula is C24H22BrF6N3O5S. The first kappa shape index (κ1) is 31.4. The zero-order valence-corrected chi connectivity index (χ0v) is 22.7. The predicted octanol–water partition coefficient (Wildman–Crippen LogP) is 6.05. The number of fused-ring (bicyclic) bond motifs is 4. The minimum atomic E-state index is -5.08.